The lowest BCUT2D eigenvalue weighted by Crippen LogP contribution is -2.21. The Labute approximate surface area is 102 Å². The van der Waals surface area contributed by atoms with Crippen LogP contribution in [0.3, 0.4) is 0 Å². The van der Waals surface area contributed by atoms with Crippen LogP contribution in [0.5, 0.6) is 0 Å². The second-order valence-electron chi connectivity index (χ2n) is 4.08. The van der Waals surface area contributed by atoms with Crippen LogP contribution >= 0.6 is 11.8 Å². The number of rotatable bonds is 4. The molecule has 16 heavy (non-hydrogen) atoms. The van der Waals surface area contributed by atoms with E-state index >= 15 is 0 Å². The summed E-state index contributed by atoms with van der Waals surface area (Å²) in [5.74, 6) is 0. The first-order valence-electron chi connectivity index (χ1n) is 5.88. The van der Waals surface area contributed by atoms with Crippen molar-refractivity contribution >= 4 is 11.8 Å². The molecule has 1 fully saturated rings. The number of hydrogen-bond donors (Lipinski definition) is 1. The molecule has 1 unspecified atom stereocenters. The molecule has 1 aliphatic rings. The summed E-state index contributed by atoms with van der Waals surface area (Å²) in [5, 5.41) is 1.15. The first kappa shape index (κ1) is 12.0. The van der Waals surface area contributed by atoms with Crippen molar-refractivity contribution in [3.63, 3.8) is 0 Å². The van der Waals surface area contributed by atoms with Crippen LogP contribution in [0.2, 0.25) is 0 Å². The standard InChI is InChI=1S/C13H19NOS/c14-10-13(11-4-2-1-3-5-11)16-12-6-8-15-9-7-12/h1-5,12-13H,6-10,14H2. The van der Waals surface area contributed by atoms with Gasteiger partial charge in [-0.1, -0.05) is 30.3 Å². The van der Waals surface area contributed by atoms with Gasteiger partial charge in [-0.25, -0.2) is 0 Å². The summed E-state index contributed by atoms with van der Waals surface area (Å²) in [5.41, 5.74) is 7.22. The lowest BCUT2D eigenvalue weighted by molar-refractivity contribution is 0.0999. The van der Waals surface area contributed by atoms with Gasteiger partial charge in [0.1, 0.15) is 0 Å². The lowest BCUT2D eigenvalue weighted by atomic mass is 10.1. The SMILES string of the molecule is NCC(SC1CCOCC1)c1ccccc1. The number of hydrogen-bond acceptors (Lipinski definition) is 3. The van der Waals surface area contributed by atoms with Crippen molar-refractivity contribution < 1.29 is 4.74 Å². The molecule has 2 N–H and O–H groups in total. The van der Waals surface area contributed by atoms with Crippen molar-refractivity contribution in [2.75, 3.05) is 19.8 Å². The van der Waals surface area contributed by atoms with Crippen molar-refractivity contribution in [1.29, 1.82) is 0 Å². The fourth-order valence-corrected chi connectivity index (χ4v) is 3.34. The molecule has 1 aromatic carbocycles. The highest BCUT2D eigenvalue weighted by Crippen LogP contribution is 2.35. The number of nitrogens with two attached hydrogens (primary N) is 1. The van der Waals surface area contributed by atoms with Crippen LogP contribution in [0.25, 0.3) is 0 Å². The summed E-state index contributed by atoms with van der Waals surface area (Å²) in [7, 11) is 0. The van der Waals surface area contributed by atoms with E-state index in [0.29, 0.717) is 17.0 Å². The number of benzene rings is 1. The Morgan fingerprint density at radius 1 is 1.25 bits per heavy atom. The van der Waals surface area contributed by atoms with Gasteiger partial charge in [0.05, 0.1) is 0 Å². The summed E-state index contributed by atoms with van der Waals surface area (Å²) in [4.78, 5) is 0. The Kier molecular flexibility index (Phi) is 4.69. The van der Waals surface area contributed by atoms with Crippen LogP contribution < -0.4 is 5.73 Å². The van der Waals surface area contributed by atoms with Gasteiger partial charge < -0.3 is 10.5 Å². The highest BCUT2D eigenvalue weighted by Gasteiger charge is 2.19. The maximum Gasteiger partial charge on any atom is 0.0476 e. The highest BCUT2D eigenvalue weighted by molar-refractivity contribution is 8.00. The van der Waals surface area contributed by atoms with Gasteiger partial charge in [0.25, 0.3) is 0 Å². The number of thioether (sulfide) groups is 1. The van der Waals surface area contributed by atoms with Crippen LogP contribution in [0, 0.1) is 0 Å². The predicted molar refractivity (Wildman–Crippen MR) is 69.7 cm³/mol. The van der Waals surface area contributed by atoms with Gasteiger partial charge in [-0.3, -0.25) is 0 Å². The molecule has 1 saturated heterocycles. The highest BCUT2D eigenvalue weighted by atomic mass is 32.2. The predicted octanol–water partition coefficient (Wildman–Crippen LogP) is 2.60. The van der Waals surface area contributed by atoms with Crippen molar-refractivity contribution in [3.8, 4) is 0 Å². The summed E-state index contributed by atoms with van der Waals surface area (Å²) >= 11 is 2.01. The molecule has 2 rings (SSSR count). The zero-order valence-corrected chi connectivity index (χ0v) is 10.3. The Hall–Kier alpha value is -0.510. The minimum Gasteiger partial charge on any atom is -0.381 e. The van der Waals surface area contributed by atoms with E-state index < -0.39 is 0 Å². The van der Waals surface area contributed by atoms with Crippen LogP contribution in [-0.4, -0.2) is 25.0 Å². The Morgan fingerprint density at radius 3 is 2.56 bits per heavy atom. The largest absolute Gasteiger partial charge is 0.381 e. The summed E-state index contributed by atoms with van der Waals surface area (Å²) in [6.07, 6.45) is 2.32. The molecule has 0 spiro atoms. The molecule has 2 nitrogen and oxygen atoms in total. The second-order valence-corrected chi connectivity index (χ2v) is 5.59. The van der Waals surface area contributed by atoms with E-state index in [0.717, 1.165) is 26.1 Å². The quantitative estimate of drug-likeness (QED) is 0.874. The minimum absolute atomic E-state index is 0.435. The molecular formula is C13H19NOS. The third-order valence-corrected chi connectivity index (χ3v) is 4.56. The van der Waals surface area contributed by atoms with Gasteiger partial charge in [-0.2, -0.15) is 0 Å². The average molecular weight is 237 g/mol. The fourth-order valence-electron chi connectivity index (χ4n) is 1.98. The maximum atomic E-state index is 5.87. The normalized spacial score (nSPS) is 19.6. The molecule has 0 radical (unpaired) electrons. The van der Waals surface area contributed by atoms with E-state index in [4.69, 9.17) is 10.5 Å². The molecule has 0 aromatic heterocycles. The van der Waals surface area contributed by atoms with Crippen molar-refractivity contribution in [1.82, 2.24) is 0 Å². The molecule has 0 bridgehead atoms. The van der Waals surface area contributed by atoms with Crippen molar-refractivity contribution in [2.45, 2.75) is 23.3 Å². The second kappa shape index (κ2) is 6.28. The summed E-state index contributed by atoms with van der Waals surface area (Å²) in [6.45, 7) is 2.53. The third-order valence-electron chi connectivity index (χ3n) is 2.91. The molecule has 1 heterocycles. The first-order chi connectivity index (χ1) is 7.90. The first-order valence-corrected chi connectivity index (χ1v) is 6.82. The van der Waals surface area contributed by atoms with Crippen molar-refractivity contribution in [2.24, 2.45) is 5.73 Å². The monoisotopic (exact) mass is 237 g/mol. The average Bonchev–Trinajstić information content (AvgIpc) is 2.38. The van der Waals surface area contributed by atoms with Gasteiger partial charge in [0, 0.05) is 30.3 Å². The van der Waals surface area contributed by atoms with E-state index in [1.807, 2.05) is 11.8 Å². The topological polar surface area (TPSA) is 35.2 Å². The van der Waals surface area contributed by atoms with E-state index in [1.165, 1.54) is 5.56 Å². The smallest absolute Gasteiger partial charge is 0.0476 e. The molecule has 1 aliphatic heterocycles. The molecule has 0 amide bonds. The van der Waals surface area contributed by atoms with Crippen LogP contribution in [-0.2, 0) is 4.74 Å². The van der Waals surface area contributed by atoms with E-state index in [2.05, 4.69) is 30.3 Å². The minimum atomic E-state index is 0.435. The van der Waals surface area contributed by atoms with Crippen molar-refractivity contribution in [3.05, 3.63) is 35.9 Å². The van der Waals surface area contributed by atoms with Gasteiger partial charge in [0.2, 0.25) is 0 Å². The van der Waals surface area contributed by atoms with Gasteiger partial charge in [0.15, 0.2) is 0 Å². The number of ether oxygens (including phenoxy) is 1. The van der Waals surface area contributed by atoms with Gasteiger partial charge in [-0.05, 0) is 18.4 Å². The fraction of sp³-hybridized carbons (Fsp3) is 0.538. The molecule has 0 aliphatic carbocycles. The molecule has 1 atom stereocenters. The summed E-state index contributed by atoms with van der Waals surface area (Å²) < 4.78 is 5.38. The lowest BCUT2D eigenvalue weighted by Gasteiger charge is -2.26. The van der Waals surface area contributed by atoms with E-state index in [1.54, 1.807) is 0 Å². The van der Waals surface area contributed by atoms with Gasteiger partial charge >= 0.3 is 0 Å². The zero-order valence-electron chi connectivity index (χ0n) is 9.47. The van der Waals surface area contributed by atoms with Gasteiger partial charge in [-0.15, -0.1) is 11.8 Å². The Balaban J connectivity index is 1.94. The maximum absolute atomic E-state index is 5.87. The summed E-state index contributed by atoms with van der Waals surface area (Å²) in [6, 6.07) is 10.6. The third kappa shape index (κ3) is 3.24. The molecular weight excluding hydrogens is 218 g/mol. The van der Waals surface area contributed by atoms with Crippen LogP contribution in [0.1, 0.15) is 23.7 Å². The Bertz CT molecular complexity index is 298. The van der Waals surface area contributed by atoms with E-state index in [9.17, 15) is 0 Å². The van der Waals surface area contributed by atoms with Crippen LogP contribution in [0.4, 0.5) is 0 Å². The van der Waals surface area contributed by atoms with E-state index in [-0.39, 0.29) is 0 Å². The zero-order chi connectivity index (χ0) is 11.2. The van der Waals surface area contributed by atoms with Crippen LogP contribution in [0.15, 0.2) is 30.3 Å². The molecule has 88 valence electrons. The Morgan fingerprint density at radius 2 is 1.94 bits per heavy atom. The molecule has 0 saturated carbocycles. The molecule has 3 heteroatoms. The molecule has 1 aromatic rings.